The van der Waals surface area contributed by atoms with Crippen LogP contribution in [0.3, 0.4) is 0 Å². The van der Waals surface area contributed by atoms with Gasteiger partial charge in [0.15, 0.2) is 0 Å². The summed E-state index contributed by atoms with van der Waals surface area (Å²) in [4.78, 5) is 8.96. The second-order valence-corrected chi connectivity index (χ2v) is 35.1. The van der Waals surface area contributed by atoms with Gasteiger partial charge in [0.05, 0.1) is 22.4 Å². The van der Waals surface area contributed by atoms with Crippen molar-refractivity contribution in [3.05, 3.63) is 480 Å². The van der Waals surface area contributed by atoms with Gasteiger partial charge in [0.1, 0.15) is 5.69 Å². The molecule has 15 aromatic carbocycles. The Morgan fingerprint density at radius 1 is 0.248 bits per heavy atom. The molecule has 0 spiro atoms. The van der Waals surface area contributed by atoms with Gasteiger partial charge >= 0.3 is 25.8 Å². The minimum absolute atomic E-state index is 0. The summed E-state index contributed by atoms with van der Waals surface area (Å²) in [6, 6.07) is 127. The zero-order valence-corrected chi connectivity index (χ0v) is 82.6. The molecular formula is C117H118Hf2N6-4. The third-order valence-electron chi connectivity index (χ3n) is 21.1. The van der Waals surface area contributed by atoms with E-state index in [1.165, 1.54) is 76.5 Å². The van der Waals surface area contributed by atoms with Crippen molar-refractivity contribution in [3.8, 4) is 45.3 Å². The molecule has 1 N–H and O–H groups in total. The molecule has 0 aliphatic heterocycles. The Morgan fingerprint density at radius 2 is 0.520 bits per heavy atom. The zero-order chi connectivity index (χ0) is 88.0. The first-order valence-electron chi connectivity index (χ1n) is 42.1. The van der Waals surface area contributed by atoms with Gasteiger partial charge in [-0.3, -0.25) is 9.36 Å². The molecule has 19 rings (SSSR count). The van der Waals surface area contributed by atoms with Crippen LogP contribution in [-0.4, -0.2) is 24.5 Å². The molecule has 8 heteroatoms. The van der Waals surface area contributed by atoms with Gasteiger partial charge in [-0.25, -0.2) is 0 Å². The number of aryl methyl sites for hydroxylation is 2. The molecule has 0 unspecified atom stereocenters. The predicted molar refractivity (Wildman–Crippen MR) is 532 cm³/mol. The van der Waals surface area contributed by atoms with Crippen LogP contribution in [0, 0.1) is 48.5 Å². The average molecular weight is 1970 g/mol. The second kappa shape index (κ2) is 44.3. The summed E-state index contributed by atoms with van der Waals surface area (Å²) in [5, 5.41) is 22.1. The number of rotatable bonds is 4. The van der Waals surface area contributed by atoms with Crippen LogP contribution in [0.1, 0.15) is 144 Å². The molecular weight excluding hydrogens is 1850 g/mol. The maximum absolute atomic E-state index is 5.20. The second-order valence-electron chi connectivity index (χ2n) is 35.1. The van der Waals surface area contributed by atoms with Gasteiger partial charge in [0.25, 0.3) is 0 Å². The Bertz CT molecular complexity index is 5900. The minimum atomic E-state index is 0. The van der Waals surface area contributed by atoms with E-state index in [2.05, 4.69) is 294 Å². The maximum Gasteiger partial charge on any atom is 4.00 e. The molecule has 0 atom stereocenters. The van der Waals surface area contributed by atoms with Crippen LogP contribution >= 0.6 is 0 Å². The molecule has 6 nitrogen and oxygen atoms in total. The number of benzene rings is 15. The number of aromatic amines is 1. The fraction of sp³-hybridized carbons (Fsp3) is 0.154. The van der Waals surface area contributed by atoms with Crippen LogP contribution in [0.25, 0.3) is 110 Å². The molecule has 0 bridgehead atoms. The minimum Gasteiger partial charge on any atom is -0.656 e. The van der Waals surface area contributed by atoms with E-state index >= 15 is 0 Å². The monoisotopic (exact) mass is 1970 g/mol. The Hall–Kier alpha value is -12.3. The summed E-state index contributed by atoms with van der Waals surface area (Å²) in [7, 11) is 4.00. The number of hydrogen-bond donors (Lipinski definition) is 1. The van der Waals surface area contributed by atoms with Gasteiger partial charge in [-0.2, -0.15) is 183 Å². The fourth-order valence-corrected chi connectivity index (χ4v) is 14.1. The first-order valence-corrected chi connectivity index (χ1v) is 42.1. The van der Waals surface area contributed by atoms with E-state index in [0.717, 1.165) is 94.9 Å². The first kappa shape index (κ1) is 96.5. The van der Waals surface area contributed by atoms with Gasteiger partial charge in [0.2, 0.25) is 0 Å². The van der Waals surface area contributed by atoms with Crippen molar-refractivity contribution in [2.45, 2.75) is 105 Å². The molecule has 4 heterocycles. The van der Waals surface area contributed by atoms with E-state index in [-0.39, 0.29) is 73.3 Å². The number of nitrogens with zero attached hydrogens (tertiary/aromatic N) is 5. The van der Waals surface area contributed by atoms with Crippen molar-refractivity contribution in [2.75, 3.05) is 0 Å². The van der Waals surface area contributed by atoms with E-state index in [1.807, 2.05) is 236 Å². The Kier molecular flexibility index (Phi) is 34.2. The number of para-hydroxylation sites is 2. The summed E-state index contributed by atoms with van der Waals surface area (Å²) in [6.07, 6.45) is 0. The van der Waals surface area contributed by atoms with Crippen LogP contribution in [0.5, 0.6) is 0 Å². The largest absolute Gasteiger partial charge is 4.00 e. The average Bonchev–Trinajstić information content (AvgIpc) is 1.60. The van der Waals surface area contributed by atoms with Crippen LogP contribution < -0.4 is 4.98 Å². The summed E-state index contributed by atoms with van der Waals surface area (Å²) < 4.78 is 3.90. The van der Waals surface area contributed by atoms with E-state index < -0.39 is 0 Å². The summed E-state index contributed by atoms with van der Waals surface area (Å²) in [5.74, 6) is 0. The quantitative estimate of drug-likeness (QED) is 0.108. The van der Waals surface area contributed by atoms with Crippen LogP contribution in [0.2, 0.25) is 0 Å². The number of nitrogens with one attached hydrogen (secondary N) is 1. The van der Waals surface area contributed by atoms with Crippen LogP contribution in [-0.2, 0) is 87.4 Å². The normalized spacial score (nSPS) is 10.9. The van der Waals surface area contributed by atoms with Crippen molar-refractivity contribution in [1.29, 1.82) is 0 Å². The topological polar surface area (TPSA) is 65.5 Å². The Morgan fingerprint density at radius 3 is 0.848 bits per heavy atom. The van der Waals surface area contributed by atoms with Crippen molar-refractivity contribution < 1.29 is 51.7 Å². The van der Waals surface area contributed by atoms with E-state index in [4.69, 9.17) is 15.2 Å². The molecule has 19 aromatic rings. The number of hydrogen-bond acceptors (Lipinski definition) is 2. The number of fused-ring (bicyclic) bond motifs is 6. The van der Waals surface area contributed by atoms with Crippen LogP contribution in [0.15, 0.2) is 370 Å². The fourth-order valence-electron chi connectivity index (χ4n) is 14.1. The summed E-state index contributed by atoms with van der Waals surface area (Å²) >= 11 is 0. The first-order chi connectivity index (χ1) is 58.8. The molecule has 0 saturated carbocycles. The van der Waals surface area contributed by atoms with Crippen molar-refractivity contribution in [1.82, 2.24) is 29.5 Å². The standard InChI is InChI=1S/C34H35N3.C34H34N3.7C7H7.2Hf/c2*1-33(2,3)23-14-15-25-22(19-23)18-21-12-13-24(34(4,5)6)20-27(21)31(25)28-16-17-29(35-28)32-26-10-8-9-11-30(26)37(7)36-32;7*1-7-5-3-2-4-6-7;;/h8-20,35H,1-7H3;8-20H,1-7H3;7*2-6H,1H2;;/q;8*-1;;+4. The molecule has 0 amide bonds. The molecule has 0 aliphatic rings. The SMILES string of the molecule is Cn1nc(-c2ccc(-c3c4ccc(C(C)(C)C)cc4cc4ccc(C(C)(C)C)cc34)[n-]2)c2ccccc21.Cn1nc(-c2ccc(-c3c4ccc(C(C)(C)C)cc4cc4ccc(C(C)(C)C)cc34)[nH]2)c2ccccc21.[CH2-]c1ccccc1.[CH2-]c1ccccc1.[CH2-]c1ccccc1.[CH2-]c1ccccc1.[CH2-]c1ccccc1.[CH2-]c1ccccc1.[CH2-]c1ccccc1.[Hf+4].[Hf]. The third kappa shape index (κ3) is 26.8. The van der Waals surface area contributed by atoms with E-state index in [9.17, 15) is 0 Å². The molecule has 628 valence electrons. The third-order valence-corrected chi connectivity index (χ3v) is 21.1. The van der Waals surface area contributed by atoms with Crippen molar-refractivity contribution in [3.63, 3.8) is 0 Å². The molecule has 125 heavy (non-hydrogen) atoms. The Labute approximate surface area is 783 Å². The maximum atomic E-state index is 5.20. The Balaban J connectivity index is 0.000000182. The van der Waals surface area contributed by atoms with E-state index in [0.29, 0.717) is 0 Å². The molecule has 4 aromatic heterocycles. The van der Waals surface area contributed by atoms with Gasteiger partial charge < -0.3 is 9.97 Å². The predicted octanol–water partition coefficient (Wildman–Crippen LogP) is 31.0. The smallest absolute Gasteiger partial charge is 0.656 e. The van der Waals surface area contributed by atoms with Crippen molar-refractivity contribution >= 4 is 64.9 Å². The molecule has 0 aliphatic carbocycles. The number of H-pyrrole nitrogens is 1. The molecule has 0 radical (unpaired) electrons. The van der Waals surface area contributed by atoms with Gasteiger partial charge in [-0.1, -0.05) is 241 Å². The zero-order valence-electron chi connectivity index (χ0n) is 75.4. The summed E-state index contributed by atoms with van der Waals surface area (Å²) in [6.45, 7) is 53.4. The van der Waals surface area contributed by atoms with Crippen LogP contribution in [0.4, 0.5) is 0 Å². The van der Waals surface area contributed by atoms with Gasteiger partial charge in [-0.05, 0) is 135 Å². The molecule has 0 saturated heterocycles. The molecule has 0 fully saturated rings. The number of aromatic nitrogens is 6. The summed E-state index contributed by atoms with van der Waals surface area (Å²) in [5.41, 5.74) is 23.9. The van der Waals surface area contributed by atoms with E-state index in [1.54, 1.807) is 0 Å². The van der Waals surface area contributed by atoms with Gasteiger partial charge in [-0.15, -0.1) is 96.3 Å². The van der Waals surface area contributed by atoms with Gasteiger partial charge in [0, 0.05) is 62.0 Å². The van der Waals surface area contributed by atoms with Crippen molar-refractivity contribution in [2.24, 2.45) is 14.1 Å².